The van der Waals surface area contributed by atoms with E-state index in [4.69, 9.17) is 5.73 Å². The molecular weight excluding hydrogens is 276 g/mol. The zero-order valence-electron chi connectivity index (χ0n) is 11.6. The first-order valence-corrected chi connectivity index (χ1v) is 8.52. The van der Waals surface area contributed by atoms with E-state index in [1.54, 1.807) is 24.3 Å². The molecule has 1 aliphatic carbocycles. The molecule has 0 unspecified atom stereocenters. The van der Waals surface area contributed by atoms with Gasteiger partial charge >= 0.3 is 0 Å². The standard InChI is InChI=1S/C14H20N2O3S/c1-20(18,19)12-5-3-11(4-6-12)10-16-13(17)9-14(15)7-2-8-14/h3-6H,2,7-10,15H2,1H3,(H,16,17). The van der Waals surface area contributed by atoms with Gasteiger partial charge in [0.15, 0.2) is 9.84 Å². The summed E-state index contributed by atoms with van der Waals surface area (Å²) in [6.07, 6.45) is 4.43. The first-order valence-electron chi connectivity index (χ1n) is 6.63. The number of rotatable bonds is 5. The molecule has 0 saturated heterocycles. The van der Waals surface area contributed by atoms with E-state index in [9.17, 15) is 13.2 Å². The molecule has 0 spiro atoms. The van der Waals surface area contributed by atoms with Crippen LogP contribution in [-0.4, -0.2) is 26.1 Å². The van der Waals surface area contributed by atoms with Crippen LogP contribution in [0.25, 0.3) is 0 Å². The number of nitrogens with one attached hydrogen (secondary N) is 1. The molecular formula is C14H20N2O3S. The summed E-state index contributed by atoms with van der Waals surface area (Å²) in [6, 6.07) is 6.51. The number of benzene rings is 1. The summed E-state index contributed by atoms with van der Waals surface area (Å²) in [5.41, 5.74) is 6.56. The van der Waals surface area contributed by atoms with Gasteiger partial charge in [0, 0.05) is 24.8 Å². The predicted molar refractivity (Wildman–Crippen MR) is 76.8 cm³/mol. The van der Waals surface area contributed by atoms with Crippen LogP contribution < -0.4 is 11.1 Å². The van der Waals surface area contributed by atoms with Crippen LogP contribution in [0.3, 0.4) is 0 Å². The normalized spacial score (nSPS) is 17.3. The lowest BCUT2D eigenvalue weighted by atomic mass is 9.75. The highest BCUT2D eigenvalue weighted by Gasteiger charge is 2.34. The van der Waals surface area contributed by atoms with E-state index >= 15 is 0 Å². The van der Waals surface area contributed by atoms with Crippen molar-refractivity contribution in [3.8, 4) is 0 Å². The molecule has 6 heteroatoms. The van der Waals surface area contributed by atoms with Crippen molar-refractivity contribution < 1.29 is 13.2 Å². The molecule has 2 rings (SSSR count). The van der Waals surface area contributed by atoms with E-state index in [0.717, 1.165) is 24.8 Å². The van der Waals surface area contributed by atoms with Crippen LogP contribution in [0.1, 0.15) is 31.2 Å². The van der Waals surface area contributed by atoms with E-state index in [1.165, 1.54) is 6.26 Å². The number of carbonyl (C=O) groups is 1. The highest BCUT2D eigenvalue weighted by atomic mass is 32.2. The number of carbonyl (C=O) groups excluding carboxylic acids is 1. The molecule has 0 aromatic heterocycles. The van der Waals surface area contributed by atoms with Crippen molar-refractivity contribution in [3.63, 3.8) is 0 Å². The third-order valence-corrected chi connectivity index (χ3v) is 4.83. The Kier molecular flexibility index (Phi) is 4.15. The molecule has 1 aliphatic rings. The fourth-order valence-electron chi connectivity index (χ4n) is 2.25. The van der Waals surface area contributed by atoms with Gasteiger partial charge in [-0.1, -0.05) is 12.1 Å². The fraction of sp³-hybridized carbons (Fsp3) is 0.500. The van der Waals surface area contributed by atoms with E-state index in [0.29, 0.717) is 13.0 Å². The quantitative estimate of drug-likeness (QED) is 0.847. The van der Waals surface area contributed by atoms with Crippen LogP contribution in [0, 0.1) is 0 Å². The van der Waals surface area contributed by atoms with Gasteiger partial charge in [-0.25, -0.2) is 8.42 Å². The van der Waals surface area contributed by atoms with Gasteiger partial charge in [-0.3, -0.25) is 4.79 Å². The van der Waals surface area contributed by atoms with Gasteiger partial charge in [0.05, 0.1) is 4.90 Å². The Hall–Kier alpha value is -1.40. The van der Waals surface area contributed by atoms with Crippen LogP contribution in [0.15, 0.2) is 29.2 Å². The van der Waals surface area contributed by atoms with E-state index in [2.05, 4.69) is 5.32 Å². The summed E-state index contributed by atoms with van der Waals surface area (Å²) < 4.78 is 22.6. The van der Waals surface area contributed by atoms with E-state index in [-0.39, 0.29) is 16.3 Å². The Morgan fingerprint density at radius 3 is 2.35 bits per heavy atom. The molecule has 3 N–H and O–H groups in total. The summed E-state index contributed by atoms with van der Waals surface area (Å²) in [7, 11) is -3.17. The molecule has 20 heavy (non-hydrogen) atoms. The van der Waals surface area contributed by atoms with Crippen molar-refractivity contribution >= 4 is 15.7 Å². The monoisotopic (exact) mass is 296 g/mol. The molecule has 5 nitrogen and oxygen atoms in total. The first-order chi connectivity index (χ1) is 9.28. The second-order valence-corrected chi connectivity index (χ2v) is 7.60. The highest BCUT2D eigenvalue weighted by molar-refractivity contribution is 7.90. The van der Waals surface area contributed by atoms with E-state index in [1.807, 2.05) is 0 Å². The van der Waals surface area contributed by atoms with Crippen molar-refractivity contribution in [3.05, 3.63) is 29.8 Å². The average Bonchev–Trinajstić information content (AvgIpc) is 2.34. The summed E-state index contributed by atoms with van der Waals surface area (Å²) in [5.74, 6) is -0.0561. The van der Waals surface area contributed by atoms with Crippen molar-refractivity contribution in [1.29, 1.82) is 0 Å². The van der Waals surface area contributed by atoms with Gasteiger partial charge in [-0.15, -0.1) is 0 Å². The largest absolute Gasteiger partial charge is 0.352 e. The third-order valence-electron chi connectivity index (χ3n) is 3.70. The van der Waals surface area contributed by atoms with Crippen molar-refractivity contribution in [2.45, 2.75) is 42.7 Å². The number of hydrogen-bond donors (Lipinski definition) is 2. The van der Waals surface area contributed by atoms with E-state index < -0.39 is 9.84 Å². The molecule has 1 aromatic rings. The summed E-state index contributed by atoms with van der Waals surface area (Å²) >= 11 is 0. The number of amides is 1. The average molecular weight is 296 g/mol. The Balaban J connectivity index is 1.86. The second-order valence-electron chi connectivity index (χ2n) is 5.59. The summed E-state index contributed by atoms with van der Waals surface area (Å²) in [5, 5.41) is 2.81. The molecule has 110 valence electrons. The second kappa shape index (κ2) is 5.54. The minimum atomic E-state index is -3.17. The molecule has 0 heterocycles. The first kappa shape index (κ1) is 15.0. The minimum Gasteiger partial charge on any atom is -0.352 e. The van der Waals surface area contributed by atoms with Gasteiger partial charge < -0.3 is 11.1 Å². The molecule has 1 aromatic carbocycles. The van der Waals surface area contributed by atoms with Gasteiger partial charge in [-0.2, -0.15) is 0 Å². The number of nitrogens with two attached hydrogens (primary N) is 1. The lowest BCUT2D eigenvalue weighted by molar-refractivity contribution is -0.123. The highest BCUT2D eigenvalue weighted by Crippen LogP contribution is 2.31. The maximum Gasteiger partial charge on any atom is 0.222 e. The zero-order valence-corrected chi connectivity index (χ0v) is 12.4. The zero-order chi connectivity index (χ0) is 14.8. The smallest absolute Gasteiger partial charge is 0.222 e. The van der Waals surface area contributed by atoms with Gasteiger partial charge in [0.2, 0.25) is 5.91 Å². The summed E-state index contributed by atoms with van der Waals surface area (Å²) in [6.45, 7) is 0.388. The summed E-state index contributed by atoms with van der Waals surface area (Å²) in [4.78, 5) is 12.0. The molecule has 0 atom stereocenters. The van der Waals surface area contributed by atoms with Crippen LogP contribution in [-0.2, 0) is 21.2 Å². The molecule has 1 saturated carbocycles. The molecule has 1 amide bonds. The van der Waals surface area contributed by atoms with Gasteiger partial charge in [0.25, 0.3) is 0 Å². The minimum absolute atomic E-state index is 0.0561. The van der Waals surface area contributed by atoms with Crippen LogP contribution in [0.4, 0.5) is 0 Å². The number of sulfone groups is 1. The lowest BCUT2D eigenvalue weighted by Gasteiger charge is -2.37. The maximum absolute atomic E-state index is 11.8. The predicted octanol–water partition coefficient (Wildman–Crippen LogP) is 0.978. The SMILES string of the molecule is CS(=O)(=O)c1ccc(CNC(=O)CC2(N)CCC2)cc1. The third kappa shape index (κ3) is 3.80. The van der Waals surface area contributed by atoms with Gasteiger partial charge in [-0.05, 0) is 37.0 Å². The Labute approximate surface area is 119 Å². The van der Waals surface area contributed by atoms with Crippen molar-refractivity contribution in [2.24, 2.45) is 5.73 Å². The number of hydrogen-bond acceptors (Lipinski definition) is 4. The Morgan fingerprint density at radius 1 is 1.30 bits per heavy atom. The Bertz CT molecular complexity index is 589. The maximum atomic E-state index is 11.8. The molecule has 0 aliphatic heterocycles. The Morgan fingerprint density at radius 2 is 1.90 bits per heavy atom. The molecule has 0 radical (unpaired) electrons. The molecule has 0 bridgehead atoms. The van der Waals surface area contributed by atoms with Crippen molar-refractivity contribution in [2.75, 3.05) is 6.26 Å². The van der Waals surface area contributed by atoms with Crippen LogP contribution in [0.2, 0.25) is 0 Å². The lowest BCUT2D eigenvalue weighted by Crippen LogP contribution is -2.49. The van der Waals surface area contributed by atoms with Crippen LogP contribution >= 0.6 is 0 Å². The van der Waals surface area contributed by atoms with Crippen LogP contribution in [0.5, 0.6) is 0 Å². The topological polar surface area (TPSA) is 89.3 Å². The van der Waals surface area contributed by atoms with Crippen molar-refractivity contribution in [1.82, 2.24) is 5.32 Å². The fourth-order valence-corrected chi connectivity index (χ4v) is 2.88. The molecule has 1 fully saturated rings. The van der Waals surface area contributed by atoms with Gasteiger partial charge in [0.1, 0.15) is 0 Å².